The first-order valence-corrected chi connectivity index (χ1v) is 37.9. The summed E-state index contributed by atoms with van der Waals surface area (Å²) in [7, 11) is 0. The van der Waals surface area contributed by atoms with Crippen LogP contribution in [-0.2, 0) is 71.1 Å². The molecular formula is C69H116O39. The van der Waals surface area contributed by atoms with Gasteiger partial charge in [0.05, 0.1) is 65.1 Å². The summed E-state index contributed by atoms with van der Waals surface area (Å²) < 4.78 is 88.8. The molecule has 39 nitrogen and oxygen atoms in total. The average Bonchev–Trinajstić information content (AvgIpc) is 1.51. The van der Waals surface area contributed by atoms with Crippen LogP contribution in [-0.4, -0.2) is 408 Å². The molecule has 47 atom stereocenters. The Balaban J connectivity index is 0.690. The van der Waals surface area contributed by atoms with Gasteiger partial charge in [0.1, 0.15) is 171 Å². The molecule has 0 aromatic rings. The van der Waals surface area contributed by atoms with Crippen LogP contribution in [0, 0.1) is 52.3 Å². The van der Waals surface area contributed by atoms with Crippen LogP contribution >= 0.6 is 0 Å². The van der Waals surface area contributed by atoms with Gasteiger partial charge in [-0.15, -0.1) is 0 Å². The lowest BCUT2D eigenvalue weighted by Gasteiger charge is -2.61. The number of ether oxygens (including phenoxy) is 15. The summed E-state index contributed by atoms with van der Waals surface area (Å²) in [4.78, 5) is 0. The molecule has 4 aliphatic carbocycles. The predicted molar refractivity (Wildman–Crippen MR) is 350 cm³/mol. The van der Waals surface area contributed by atoms with Gasteiger partial charge < -0.3 is 194 Å². The van der Waals surface area contributed by atoms with Crippen LogP contribution in [0.4, 0.5) is 0 Å². The van der Waals surface area contributed by atoms with Gasteiger partial charge in [-0.05, 0) is 104 Å². The van der Waals surface area contributed by atoms with E-state index in [0.717, 1.165) is 38.5 Å². The summed E-state index contributed by atoms with van der Waals surface area (Å²) in [6, 6.07) is 0. The van der Waals surface area contributed by atoms with Gasteiger partial charge in [0.15, 0.2) is 49.8 Å². The summed E-state index contributed by atoms with van der Waals surface area (Å²) >= 11 is 0. The summed E-state index contributed by atoms with van der Waals surface area (Å²) in [5.41, 5.74) is -0.220. The largest absolute Gasteiger partial charge is 0.394 e. The molecule has 0 bridgehead atoms. The van der Waals surface area contributed by atoms with Gasteiger partial charge in [-0.3, -0.25) is 0 Å². The second kappa shape index (κ2) is 34.9. The van der Waals surface area contributed by atoms with Crippen molar-refractivity contribution in [1.82, 2.24) is 0 Å². The van der Waals surface area contributed by atoms with Crippen molar-refractivity contribution < 1.29 is 194 Å². The fourth-order valence-electron chi connectivity index (χ4n) is 20.0. The third kappa shape index (κ3) is 16.2. The first-order chi connectivity index (χ1) is 51.2. The minimum Gasteiger partial charge on any atom is -0.394 e. The van der Waals surface area contributed by atoms with Gasteiger partial charge in [0.25, 0.3) is 0 Å². The highest BCUT2D eigenvalue weighted by atomic mass is 16.8. The van der Waals surface area contributed by atoms with Crippen molar-refractivity contribution in [1.29, 1.82) is 0 Å². The van der Waals surface area contributed by atoms with Crippen LogP contribution in [0.25, 0.3) is 0 Å². The molecule has 8 saturated heterocycles. The number of hydrogen-bond acceptors (Lipinski definition) is 39. The standard InChI is InChI=1S/C69H116O39/c1-23(21-94-60-50(87)43(80)39(76)31(15-70)97-60)7-12-69(93)24(2)38-30(108-69)14-29-27-6-5-25-13-26(8-10-67(25,3)28(27)9-11-68(29,38)4)96-62-54(91)48(85)58(36(20-75)101-62)106-66-59(107-65-55(92)49(86)57(35(19-74)102-65)105-64-52(89)45(82)41(78)33(17-72)99-64)46(83)42(79)37(103-66)22-95-61-53(90)47(84)56(34(18-73)100-61)104-63-51(88)44(81)40(77)32(16-71)98-63/h23-66,70-93H,5-22H2,1-4H3/t23-,24+,25-,26+,27?,28?,29?,30?,31-,32-,33-,34-,35-,36-,37-,38?,39-,40-,41-,42-,43+,44+,45+,46+,47-,48-,49-,50-,51-,52-,53-,54-,55-,56+,57+,58-,59-,60-,61-,62-,63+,64+,65-,66+,67+,68+,69-/m1/s1. The van der Waals surface area contributed by atoms with Crippen molar-refractivity contribution in [3.63, 3.8) is 0 Å². The Kier molecular flexibility index (Phi) is 27.8. The Morgan fingerprint density at radius 1 is 0.380 bits per heavy atom. The molecule has 12 rings (SSSR count). The van der Waals surface area contributed by atoms with Crippen LogP contribution in [0.2, 0.25) is 0 Å². The molecule has 626 valence electrons. The molecule has 0 radical (unpaired) electrons. The van der Waals surface area contributed by atoms with Crippen LogP contribution < -0.4 is 0 Å². The van der Waals surface area contributed by atoms with E-state index < -0.39 is 273 Å². The van der Waals surface area contributed by atoms with Gasteiger partial charge in [-0.25, -0.2) is 0 Å². The Morgan fingerprint density at radius 2 is 0.769 bits per heavy atom. The maximum absolute atomic E-state index is 12.2. The summed E-state index contributed by atoms with van der Waals surface area (Å²) in [6.45, 7) is 2.66. The lowest BCUT2D eigenvalue weighted by atomic mass is 9.44. The van der Waals surface area contributed by atoms with Crippen molar-refractivity contribution in [2.24, 2.45) is 52.3 Å². The fourth-order valence-corrected chi connectivity index (χ4v) is 20.0. The highest BCUT2D eigenvalue weighted by Gasteiger charge is 2.69. The second-order valence-electron chi connectivity index (χ2n) is 32.7. The van der Waals surface area contributed by atoms with E-state index in [-0.39, 0.29) is 47.2 Å². The lowest BCUT2D eigenvalue weighted by molar-refractivity contribution is -0.400. The smallest absolute Gasteiger partial charge is 0.187 e. The Bertz CT molecular complexity index is 2840. The topological polar surface area (TPSA) is 624 Å². The maximum Gasteiger partial charge on any atom is 0.187 e. The molecule has 0 aromatic carbocycles. The average molecular weight is 1570 g/mol. The molecule has 8 aliphatic heterocycles. The molecule has 8 heterocycles. The van der Waals surface area contributed by atoms with Crippen LogP contribution in [0.1, 0.15) is 91.9 Å². The molecule has 0 amide bonds. The fraction of sp³-hybridized carbons (Fsp3) is 1.00. The first kappa shape index (κ1) is 85.8. The zero-order valence-corrected chi connectivity index (χ0v) is 60.5. The highest BCUT2D eigenvalue weighted by Crippen LogP contribution is 2.71. The summed E-state index contributed by atoms with van der Waals surface area (Å²) in [5, 5.41) is 261. The molecule has 24 N–H and O–H groups in total. The molecule has 5 unspecified atom stereocenters. The number of rotatable bonds is 25. The zero-order chi connectivity index (χ0) is 78.2. The monoisotopic (exact) mass is 1570 g/mol. The number of fused-ring (bicyclic) bond motifs is 7. The van der Waals surface area contributed by atoms with E-state index in [1.54, 1.807) is 0 Å². The minimum atomic E-state index is -2.26. The molecule has 12 aliphatic rings. The van der Waals surface area contributed by atoms with Gasteiger partial charge in [-0.1, -0.05) is 27.7 Å². The van der Waals surface area contributed by atoms with E-state index in [0.29, 0.717) is 43.4 Å². The Labute approximate surface area is 621 Å². The molecule has 108 heavy (non-hydrogen) atoms. The van der Waals surface area contributed by atoms with E-state index >= 15 is 0 Å². The second-order valence-corrected chi connectivity index (χ2v) is 32.7. The maximum atomic E-state index is 12.2. The molecule has 0 spiro atoms. The zero-order valence-electron chi connectivity index (χ0n) is 60.5. The third-order valence-corrected chi connectivity index (χ3v) is 26.4. The molecule has 4 saturated carbocycles. The predicted octanol–water partition coefficient (Wildman–Crippen LogP) is -10.5. The first-order valence-electron chi connectivity index (χ1n) is 37.9. The molecule has 39 heteroatoms. The normalized spacial score (nSPS) is 55.1. The van der Waals surface area contributed by atoms with Crippen molar-refractivity contribution in [2.45, 2.75) is 325 Å². The number of hydrogen-bond donors (Lipinski definition) is 24. The van der Waals surface area contributed by atoms with Crippen molar-refractivity contribution in [3.8, 4) is 0 Å². The van der Waals surface area contributed by atoms with Crippen molar-refractivity contribution in [3.05, 3.63) is 0 Å². The quantitative estimate of drug-likeness (QED) is 0.0377. The van der Waals surface area contributed by atoms with Crippen LogP contribution in [0.5, 0.6) is 0 Å². The number of aliphatic hydroxyl groups excluding tert-OH is 23. The molecular weight excluding hydrogens is 1450 g/mol. The van der Waals surface area contributed by atoms with Gasteiger partial charge in [-0.2, -0.15) is 0 Å². The SMILES string of the molecule is C[C@H](CC[C@@]1(O)OC2CC3C4CC[C@@H]5C[C@@H](O[C@@H]6O[C@H](CO)[C@@H](O[C@@H]7O[C@H](CO[C@@H]8O[C@H](CO)[C@H](O[C@@H]9O[C@H](CO)[C@@H](O)[C@H](O)[C@H]9O)[C@H](O)[C@H]8O)[C@@H](O)[C@H](O)[C@H]7O[C@H]7O[C@H](CO)[C@H](O[C@@H]8O[C@H](CO)[C@@H](O)[C@H](O)[C@H]8O)[C@H](O)[C@H]7O)[C@H](O)[C@H]6O)CC[C@]5(C)C4CC[C@]3(C)C2[C@@H]1C)CO[C@@H]1O[C@H](CO)[C@@H](O)[C@H](O)[C@H]1O. The molecule has 0 aromatic heterocycles. The van der Waals surface area contributed by atoms with Crippen LogP contribution in [0.3, 0.4) is 0 Å². The van der Waals surface area contributed by atoms with E-state index in [2.05, 4.69) is 20.8 Å². The Morgan fingerprint density at radius 3 is 1.28 bits per heavy atom. The van der Waals surface area contributed by atoms with Crippen molar-refractivity contribution >= 4 is 0 Å². The molecule has 12 fully saturated rings. The summed E-state index contributed by atoms with van der Waals surface area (Å²) in [6.07, 6.45) is -57.7. The third-order valence-electron chi connectivity index (χ3n) is 26.4. The van der Waals surface area contributed by atoms with Gasteiger partial charge in [0, 0.05) is 12.3 Å². The van der Waals surface area contributed by atoms with Gasteiger partial charge in [0.2, 0.25) is 0 Å². The van der Waals surface area contributed by atoms with Gasteiger partial charge >= 0.3 is 0 Å². The lowest BCUT2D eigenvalue weighted by Crippen LogP contribution is -2.68. The Hall–Kier alpha value is -1.56. The van der Waals surface area contributed by atoms with E-state index in [1.807, 2.05) is 6.92 Å². The highest BCUT2D eigenvalue weighted by molar-refractivity contribution is 5.15. The van der Waals surface area contributed by atoms with E-state index in [9.17, 15) is 123 Å². The number of aliphatic hydroxyl groups is 24. The summed E-state index contributed by atoms with van der Waals surface area (Å²) in [5.74, 6) is -0.362. The van der Waals surface area contributed by atoms with Crippen molar-refractivity contribution in [2.75, 3.05) is 52.9 Å². The van der Waals surface area contributed by atoms with E-state index in [4.69, 9.17) is 71.1 Å². The van der Waals surface area contributed by atoms with E-state index in [1.165, 1.54) is 0 Å². The van der Waals surface area contributed by atoms with Crippen LogP contribution in [0.15, 0.2) is 0 Å². The minimum absolute atomic E-state index is 0.0978.